The second kappa shape index (κ2) is 5.59. The standard InChI is InChI=1S/C13H18N4/c1-11-3-4-13(15-7-11)9-14-6-5-12-8-16-17(2)10-12/h3-4,7-8,10,14H,5-6,9H2,1-2H3. The minimum absolute atomic E-state index is 0.820. The van der Waals surface area contributed by atoms with Gasteiger partial charge in [0.1, 0.15) is 0 Å². The lowest BCUT2D eigenvalue weighted by molar-refractivity contribution is 0.674. The quantitative estimate of drug-likeness (QED) is 0.791. The highest BCUT2D eigenvalue weighted by molar-refractivity contribution is 5.12. The topological polar surface area (TPSA) is 42.7 Å². The number of hydrogen-bond donors (Lipinski definition) is 1. The monoisotopic (exact) mass is 230 g/mol. The second-order valence-corrected chi connectivity index (χ2v) is 4.28. The molecule has 0 aromatic carbocycles. The Labute approximate surface area is 102 Å². The van der Waals surface area contributed by atoms with Crippen LogP contribution in [0, 0.1) is 6.92 Å². The molecule has 0 saturated heterocycles. The highest BCUT2D eigenvalue weighted by atomic mass is 15.2. The van der Waals surface area contributed by atoms with Crippen LogP contribution in [0.3, 0.4) is 0 Å². The van der Waals surface area contributed by atoms with Gasteiger partial charge < -0.3 is 5.32 Å². The third-order valence-electron chi connectivity index (χ3n) is 2.63. The van der Waals surface area contributed by atoms with Gasteiger partial charge in [-0.25, -0.2) is 0 Å². The van der Waals surface area contributed by atoms with Crippen LogP contribution in [0.5, 0.6) is 0 Å². The van der Waals surface area contributed by atoms with Gasteiger partial charge in [-0.1, -0.05) is 6.07 Å². The van der Waals surface area contributed by atoms with E-state index < -0.39 is 0 Å². The largest absolute Gasteiger partial charge is 0.311 e. The maximum Gasteiger partial charge on any atom is 0.0541 e. The van der Waals surface area contributed by atoms with Gasteiger partial charge in [0.2, 0.25) is 0 Å². The number of nitrogens with zero attached hydrogens (tertiary/aromatic N) is 3. The Morgan fingerprint density at radius 1 is 1.29 bits per heavy atom. The zero-order valence-corrected chi connectivity index (χ0v) is 10.3. The Kier molecular flexibility index (Phi) is 3.88. The van der Waals surface area contributed by atoms with Crippen LogP contribution in [0.2, 0.25) is 0 Å². The summed E-state index contributed by atoms with van der Waals surface area (Å²) < 4.78 is 1.83. The summed E-state index contributed by atoms with van der Waals surface area (Å²) in [6.45, 7) is 3.81. The fourth-order valence-corrected chi connectivity index (χ4v) is 1.65. The van der Waals surface area contributed by atoms with Gasteiger partial charge in [-0.05, 0) is 37.1 Å². The van der Waals surface area contributed by atoms with E-state index in [-0.39, 0.29) is 0 Å². The van der Waals surface area contributed by atoms with Crippen LogP contribution in [0.4, 0.5) is 0 Å². The zero-order valence-electron chi connectivity index (χ0n) is 10.3. The summed E-state index contributed by atoms with van der Waals surface area (Å²) in [5.41, 5.74) is 3.54. The average molecular weight is 230 g/mol. The Balaban J connectivity index is 1.71. The third-order valence-corrected chi connectivity index (χ3v) is 2.63. The summed E-state index contributed by atoms with van der Waals surface area (Å²) in [6.07, 6.45) is 6.86. The maximum atomic E-state index is 4.35. The molecule has 0 bridgehead atoms. The molecular formula is C13H18N4. The van der Waals surface area contributed by atoms with Crippen molar-refractivity contribution in [2.75, 3.05) is 6.54 Å². The molecule has 0 aliphatic carbocycles. The first-order valence-electron chi connectivity index (χ1n) is 5.84. The number of rotatable bonds is 5. The van der Waals surface area contributed by atoms with Crippen LogP contribution < -0.4 is 5.32 Å². The first kappa shape index (κ1) is 11.8. The molecule has 0 spiro atoms. The van der Waals surface area contributed by atoms with E-state index in [0.29, 0.717) is 0 Å². The molecule has 2 heterocycles. The van der Waals surface area contributed by atoms with Crippen molar-refractivity contribution in [1.82, 2.24) is 20.1 Å². The Morgan fingerprint density at radius 3 is 2.82 bits per heavy atom. The van der Waals surface area contributed by atoms with E-state index in [1.165, 1.54) is 11.1 Å². The fraction of sp³-hybridized carbons (Fsp3) is 0.385. The number of aryl methyl sites for hydroxylation is 2. The van der Waals surface area contributed by atoms with Crippen LogP contribution >= 0.6 is 0 Å². The summed E-state index contributed by atoms with van der Waals surface area (Å²) in [5, 5.41) is 7.52. The molecule has 2 aromatic rings. The molecule has 0 aliphatic rings. The molecule has 0 aliphatic heterocycles. The van der Waals surface area contributed by atoms with Crippen LogP contribution in [0.15, 0.2) is 30.7 Å². The summed E-state index contributed by atoms with van der Waals surface area (Å²) >= 11 is 0. The van der Waals surface area contributed by atoms with E-state index in [1.807, 2.05) is 37.2 Å². The Morgan fingerprint density at radius 2 is 2.18 bits per heavy atom. The average Bonchev–Trinajstić information content (AvgIpc) is 2.73. The number of aromatic nitrogens is 3. The van der Waals surface area contributed by atoms with E-state index in [2.05, 4.69) is 27.5 Å². The van der Waals surface area contributed by atoms with Gasteiger partial charge in [-0.3, -0.25) is 9.67 Å². The zero-order chi connectivity index (χ0) is 12.1. The molecule has 0 saturated carbocycles. The normalized spacial score (nSPS) is 10.7. The lowest BCUT2D eigenvalue weighted by Gasteiger charge is -2.03. The molecule has 0 fully saturated rings. The highest BCUT2D eigenvalue weighted by Gasteiger charge is 1.97. The summed E-state index contributed by atoms with van der Waals surface area (Å²) in [6, 6.07) is 4.15. The van der Waals surface area contributed by atoms with Crippen LogP contribution in [-0.4, -0.2) is 21.3 Å². The van der Waals surface area contributed by atoms with E-state index in [9.17, 15) is 0 Å². The first-order valence-corrected chi connectivity index (χ1v) is 5.84. The summed E-state index contributed by atoms with van der Waals surface area (Å²) in [7, 11) is 1.94. The first-order chi connectivity index (χ1) is 8.24. The molecule has 90 valence electrons. The summed E-state index contributed by atoms with van der Waals surface area (Å²) in [4.78, 5) is 4.35. The number of hydrogen-bond acceptors (Lipinski definition) is 3. The van der Waals surface area contributed by atoms with Crippen LogP contribution in [0.25, 0.3) is 0 Å². The van der Waals surface area contributed by atoms with Crippen molar-refractivity contribution in [3.63, 3.8) is 0 Å². The predicted octanol–water partition coefficient (Wildman–Crippen LogP) is 1.46. The molecule has 4 nitrogen and oxygen atoms in total. The SMILES string of the molecule is Cc1ccc(CNCCc2cnn(C)c2)nc1. The molecule has 0 atom stereocenters. The second-order valence-electron chi connectivity index (χ2n) is 4.28. The Bertz CT molecular complexity index is 459. The lowest BCUT2D eigenvalue weighted by Crippen LogP contribution is -2.17. The maximum absolute atomic E-state index is 4.35. The predicted molar refractivity (Wildman–Crippen MR) is 67.6 cm³/mol. The van der Waals surface area contributed by atoms with E-state index in [0.717, 1.165) is 25.2 Å². The smallest absolute Gasteiger partial charge is 0.0541 e. The highest BCUT2D eigenvalue weighted by Crippen LogP contribution is 1.99. The third kappa shape index (κ3) is 3.67. The van der Waals surface area contributed by atoms with Crippen molar-refractivity contribution in [2.45, 2.75) is 19.9 Å². The van der Waals surface area contributed by atoms with Gasteiger partial charge >= 0.3 is 0 Å². The van der Waals surface area contributed by atoms with Gasteiger partial charge in [-0.2, -0.15) is 5.10 Å². The number of nitrogens with one attached hydrogen (secondary N) is 1. The van der Waals surface area contributed by atoms with E-state index >= 15 is 0 Å². The molecule has 2 aromatic heterocycles. The van der Waals surface area contributed by atoms with Gasteiger partial charge in [0.25, 0.3) is 0 Å². The molecule has 2 rings (SSSR count). The molecule has 0 unspecified atom stereocenters. The molecule has 17 heavy (non-hydrogen) atoms. The minimum atomic E-state index is 0.820. The molecule has 0 radical (unpaired) electrons. The van der Waals surface area contributed by atoms with Crippen LogP contribution in [-0.2, 0) is 20.0 Å². The minimum Gasteiger partial charge on any atom is -0.311 e. The summed E-state index contributed by atoms with van der Waals surface area (Å²) in [5.74, 6) is 0. The van der Waals surface area contributed by atoms with Crippen molar-refractivity contribution in [2.24, 2.45) is 7.05 Å². The van der Waals surface area contributed by atoms with Crippen molar-refractivity contribution < 1.29 is 0 Å². The number of pyridine rings is 1. The molecule has 1 N–H and O–H groups in total. The van der Waals surface area contributed by atoms with Gasteiger partial charge in [0, 0.05) is 26.0 Å². The van der Waals surface area contributed by atoms with Gasteiger partial charge in [-0.15, -0.1) is 0 Å². The Hall–Kier alpha value is -1.68. The van der Waals surface area contributed by atoms with Crippen molar-refractivity contribution in [1.29, 1.82) is 0 Å². The van der Waals surface area contributed by atoms with Gasteiger partial charge in [0.15, 0.2) is 0 Å². The van der Waals surface area contributed by atoms with Gasteiger partial charge in [0.05, 0.1) is 11.9 Å². The molecule has 0 amide bonds. The fourth-order valence-electron chi connectivity index (χ4n) is 1.65. The van der Waals surface area contributed by atoms with Crippen molar-refractivity contribution >= 4 is 0 Å². The lowest BCUT2D eigenvalue weighted by atomic mass is 10.2. The van der Waals surface area contributed by atoms with Crippen molar-refractivity contribution in [3.05, 3.63) is 47.5 Å². The van der Waals surface area contributed by atoms with E-state index in [4.69, 9.17) is 0 Å². The van der Waals surface area contributed by atoms with Crippen LogP contribution in [0.1, 0.15) is 16.8 Å². The van der Waals surface area contributed by atoms with E-state index in [1.54, 1.807) is 0 Å². The molecule has 4 heteroatoms. The molecular weight excluding hydrogens is 212 g/mol. The van der Waals surface area contributed by atoms with Crippen molar-refractivity contribution in [3.8, 4) is 0 Å².